The van der Waals surface area contributed by atoms with Crippen molar-refractivity contribution in [2.75, 3.05) is 40.9 Å². The summed E-state index contributed by atoms with van der Waals surface area (Å²) < 4.78 is 23.0. The van der Waals surface area contributed by atoms with Crippen molar-refractivity contribution in [2.45, 2.75) is 154 Å². The highest BCUT2D eigenvalue weighted by Crippen LogP contribution is 2.38. The molecule has 1 amide bonds. The normalized spacial score (nSPS) is 15.2. The molecule has 0 aliphatic heterocycles. The highest BCUT2D eigenvalue weighted by molar-refractivity contribution is 7.45. The van der Waals surface area contributed by atoms with Crippen LogP contribution in [0.4, 0.5) is 0 Å². The van der Waals surface area contributed by atoms with Crippen LogP contribution in [-0.2, 0) is 18.4 Å². The number of hydrogen-bond acceptors (Lipinski definition) is 6. The second-order valence-corrected chi connectivity index (χ2v) is 15.0. The Morgan fingerprint density at radius 2 is 1.26 bits per heavy atom. The molecule has 9 heteroatoms. The van der Waals surface area contributed by atoms with Crippen molar-refractivity contribution in [3.8, 4) is 0 Å². The van der Waals surface area contributed by atoms with E-state index in [2.05, 4.69) is 55.6 Å². The van der Waals surface area contributed by atoms with Crippen LogP contribution in [0.3, 0.4) is 0 Å². The molecule has 270 valence electrons. The van der Waals surface area contributed by atoms with Gasteiger partial charge in [0.25, 0.3) is 7.82 Å². The molecule has 0 fully saturated rings. The van der Waals surface area contributed by atoms with Crippen molar-refractivity contribution in [3.63, 3.8) is 0 Å². The number of hydrogen-bond donors (Lipinski definition) is 2. The average molecular weight is 671 g/mol. The van der Waals surface area contributed by atoms with Crippen molar-refractivity contribution >= 4 is 13.7 Å². The Kier molecular flexibility index (Phi) is 29.0. The van der Waals surface area contributed by atoms with Crippen LogP contribution in [0.2, 0.25) is 0 Å². The minimum Gasteiger partial charge on any atom is -0.756 e. The highest BCUT2D eigenvalue weighted by Gasteiger charge is 2.24. The first-order chi connectivity index (χ1) is 22.0. The van der Waals surface area contributed by atoms with Gasteiger partial charge in [-0.05, 0) is 51.4 Å². The van der Waals surface area contributed by atoms with Crippen molar-refractivity contribution in [3.05, 3.63) is 36.5 Å². The van der Waals surface area contributed by atoms with Crippen LogP contribution in [0.15, 0.2) is 36.5 Å². The van der Waals surface area contributed by atoms with Crippen LogP contribution in [0, 0.1) is 0 Å². The zero-order valence-electron chi connectivity index (χ0n) is 30.3. The Morgan fingerprint density at radius 3 is 1.87 bits per heavy atom. The van der Waals surface area contributed by atoms with E-state index in [9.17, 15) is 19.4 Å². The second kappa shape index (κ2) is 29.8. The summed E-state index contributed by atoms with van der Waals surface area (Å²) in [6.45, 7) is 4.56. The first kappa shape index (κ1) is 44.7. The summed E-state index contributed by atoms with van der Waals surface area (Å²) >= 11 is 0. The zero-order chi connectivity index (χ0) is 34.4. The Labute approximate surface area is 283 Å². The quantitative estimate of drug-likeness (QED) is 0.0321. The molecule has 0 saturated heterocycles. The van der Waals surface area contributed by atoms with Gasteiger partial charge >= 0.3 is 0 Å². The third-order valence-corrected chi connectivity index (χ3v) is 8.85. The molecular formula is C37H71N2O6P. The number of carbonyl (C=O) groups excluding carboxylic acids is 1. The summed E-state index contributed by atoms with van der Waals surface area (Å²) in [4.78, 5) is 25.0. The lowest BCUT2D eigenvalue weighted by molar-refractivity contribution is -0.870. The molecule has 0 aliphatic rings. The molecule has 8 nitrogen and oxygen atoms in total. The number of aliphatic hydroxyl groups is 1. The predicted octanol–water partition coefficient (Wildman–Crippen LogP) is 8.55. The molecule has 0 rings (SSSR count). The molecule has 0 saturated carbocycles. The Bertz CT molecular complexity index is 855. The highest BCUT2D eigenvalue weighted by atomic mass is 31.2. The number of allylic oxidation sites excluding steroid dienone is 6. The fourth-order valence-electron chi connectivity index (χ4n) is 4.87. The average Bonchev–Trinajstić information content (AvgIpc) is 2.99. The van der Waals surface area contributed by atoms with Crippen molar-refractivity contribution in [2.24, 2.45) is 0 Å². The van der Waals surface area contributed by atoms with Crippen molar-refractivity contribution in [1.82, 2.24) is 5.32 Å². The monoisotopic (exact) mass is 671 g/mol. The number of likely N-dealkylation sites (N-methyl/N-ethyl adjacent to an activating group) is 1. The molecule has 3 unspecified atom stereocenters. The van der Waals surface area contributed by atoms with E-state index >= 15 is 0 Å². The molecule has 46 heavy (non-hydrogen) atoms. The van der Waals surface area contributed by atoms with Gasteiger partial charge < -0.3 is 28.8 Å². The number of nitrogens with zero attached hydrogens (tertiary/aromatic N) is 1. The van der Waals surface area contributed by atoms with Crippen molar-refractivity contribution < 1.29 is 32.9 Å². The third-order valence-electron chi connectivity index (χ3n) is 7.88. The standard InChI is InChI=1S/C37H71N2O6P/c1-6-8-10-12-13-14-15-16-17-18-19-20-21-22-23-24-25-27-29-31-37(41)38-35(36(40)30-28-26-11-9-7-2)34-45-46(42,43)44-33-32-39(3,4)5/h13-14,16-17,19-20,35-36,40H,6-12,15,18,21-34H2,1-5H3,(H-,38,41,42,43)/b14-13-,17-16-,20-19-. The predicted molar refractivity (Wildman–Crippen MR) is 191 cm³/mol. The van der Waals surface area contributed by atoms with E-state index in [0.717, 1.165) is 77.0 Å². The summed E-state index contributed by atoms with van der Waals surface area (Å²) in [5.41, 5.74) is 0. The number of nitrogens with one attached hydrogen (secondary N) is 1. The van der Waals surface area contributed by atoms with Gasteiger partial charge in [0, 0.05) is 6.42 Å². The van der Waals surface area contributed by atoms with E-state index < -0.39 is 20.0 Å². The minimum absolute atomic E-state index is 0.00710. The Hall–Kier alpha value is -1.28. The summed E-state index contributed by atoms with van der Waals surface area (Å²) in [5, 5.41) is 13.6. The first-order valence-corrected chi connectivity index (χ1v) is 19.8. The van der Waals surface area contributed by atoms with E-state index in [4.69, 9.17) is 9.05 Å². The van der Waals surface area contributed by atoms with Gasteiger partial charge in [0.05, 0.1) is 39.9 Å². The topological polar surface area (TPSA) is 108 Å². The number of quaternary nitrogens is 1. The number of carbonyl (C=O) groups is 1. The van der Waals surface area contributed by atoms with Gasteiger partial charge in [-0.2, -0.15) is 0 Å². The largest absolute Gasteiger partial charge is 0.756 e. The maximum Gasteiger partial charge on any atom is 0.268 e. The Balaban J connectivity index is 4.27. The van der Waals surface area contributed by atoms with Gasteiger partial charge in [-0.25, -0.2) is 0 Å². The lowest BCUT2D eigenvalue weighted by Crippen LogP contribution is -2.46. The smallest absolute Gasteiger partial charge is 0.268 e. The van der Waals surface area contributed by atoms with Gasteiger partial charge in [0.1, 0.15) is 13.2 Å². The first-order valence-electron chi connectivity index (χ1n) is 18.3. The van der Waals surface area contributed by atoms with E-state index in [1.54, 1.807) is 0 Å². The van der Waals surface area contributed by atoms with Crippen LogP contribution in [0.1, 0.15) is 142 Å². The summed E-state index contributed by atoms with van der Waals surface area (Å²) in [5.74, 6) is -0.188. The third kappa shape index (κ3) is 31.3. The van der Waals surface area contributed by atoms with E-state index in [-0.39, 0.29) is 19.1 Å². The molecule has 0 aliphatic carbocycles. The maximum absolute atomic E-state index is 12.7. The van der Waals surface area contributed by atoms with Crippen LogP contribution in [0.5, 0.6) is 0 Å². The molecule has 3 atom stereocenters. The van der Waals surface area contributed by atoms with Crippen LogP contribution in [0.25, 0.3) is 0 Å². The van der Waals surface area contributed by atoms with Gasteiger partial charge in [-0.1, -0.05) is 121 Å². The molecule has 0 aromatic carbocycles. The molecule has 0 heterocycles. The molecular weight excluding hydrogens is 599 g/mol. The Morgan fingerprint density at radius 1 is 0.761 bits per heavy atom. The number of phosphoric acid groups is 1. The maximum atomic E-state index is 12.7. The second-order valence-electron chi connectivity index (χ2n) is 13.6. The minimum atomic E-state index is -4.55. The lowest BCUT2D eigenvalue weighted by Gasteiger charge is -2.30. The fraction of sp³-hybridized carbons (Fsp3) is 0.811. The van der Waals surface area contributed by atoms with Gasteiger partial charge in [0.2, 0.25) is 5.91 Å². The van der Waals surface area contributed by atoms with Crippen LogP contribution in [-0.4, -0.2) is 68.5 Å². The molecule has 0 aromatic heterocycles. The SMILES string of the molecule is CCCCC/C=C\C/C=C\C/C=C\CCCCCCCCC(=O)NC(COP(=O)([O-])OCC[N+](C)(C)C)C(O)CCCCCCC. The van der Waals surface area contributed by atoms with E-state index in [0.29, 0.717) is 23.9 Å². The molecule has 2 N–H and O–H groups in total. The lowest BCUT2D eigenvalue weighted by atomic mass is 10.0. The van der Waals surface area contributed by atoms with Gasteiger partial charge in [-0.3, -0.25) is 9.36 Å². The van der Waals surface area contributed by atoms with Crippen LogP contribution >= 0.6 is 7.82 Å². The van der Waals surface area contributed by atoms with E-state index in [1.165, 1.54) is 38.5 Å². The molecule has 0 radical (unpaired) electrons. The van der Waals surface area contributed by atoms with Gasteiger partial charge in [0.15, 0.2) is 0 Å². The fourth-order valence-corrected chi connectivity index (χ4v) is 5.59. The van der Waals surface area contributed by atoms with Gasteiger partial charge in [-0.15, -0.1) is 0 Å². The molecule has 0 bridgehead atoms. The number of amides is 1. The number of rotatable bonds is 32. The van der Waals surface area contributed by atoms with Crippen molar-refractivity contribution in [1.29, 1.82) is 0 Å². The number of unbranched alkanes of at least 4 members (excludes halogenated alkanes) is 13. The van der Waals surface area contributed by atoms with E-state index in [1.807, 2.05) is 21.1 Å². The number of phosphoric ester groups is 1. The number of aliphatic hydroxyl groups excluding tert-OH is 1. The zero-order valence-corrected chi connectivity index (χ0v) is 31.2. The summed E-state index contributed by atoms with van der Waals surface area (Å²) in [6, 6.07) is -0.802. The summed E-state index contributed by atoms with van der Waals surface area (Å²) in [7, 11) is 1.28. The van der Waals surface area contributed by atoms with Crippen LogP contribution < -0.4 is 10.2 Å². The molecule has 0 spiro atoms. The molecule has 0 aromatic rings. The summed E-state index contributed by atoms with van der Waals surface area (Å²) in [6.07, 6.45) is 33.2.